The van der Waals surface area contributed by atoms with E-state index in [1.54, 1.807) is 0 Å². The number of hydrogen-bond donors (Lipinski definition) is 0. The molecule has 1 aliphatic heterocycles. The number of rotatable bonds is 3. The van der Waals surface area contributed by atoms with Gasteiger partial charge in [0.1, 0.15) is 17.2 Å². The summed E-state index contributed by atoms with van der Waals surface area (Å²) in [5.41, 5.74) is 17.3. The average Bonchev–Trinajstić information content (AvgIpc) is 3.98. The lowest BCUT2D eigenvalue weighted by atomic mass is 9.70. The lowest BCUT2D eigenvalue weighted by molar-refractivity contribution is 0.382. The van der Waals surface area contributed by atoms with Crippen LogP contribution in [-0.4, -0.2) is 23.6 Å². The first-order valence-electron chi connectivity index (χ1n) is 20.9. The first kappa shape index (κ1) is 33.6. The highest BCUT2D eigenvalue weighted by Crippen LogP contribution is 2.65. The minimum absolute atomic E-state index is 0.144. The summed E-state index contributed by atoms with van der Waals surface area (Å²) in [6.07, 6.45) is -0.352. The first-order chi connectivity index (χ1) is 29.4. The Labute approximate surface area is 348 Å². The van der Waals surface area contributed by atoms with Gasteiger partial charge in [0, 0.05) is 40.1 Å². The van der Waals surface area contributed by atoms with Gasteiger partial charge in [0.25, 0.3) is 0 Å². The molecule has 13 rings (SSSR count). The first-order valence-corrected chi connectivity index (χ1v) is 20.9. The van der Waals surface area contributed by atoms with Crippen molar-refractivity contribution in [1.82, 2.24) is 4.90 Å². The summed E-state index contributed by atoms with van der Waals surface area (Å²) >= 11 is 0. The molecule has 1 spiro atoms. The molecule has 9 aromatic rings. The van der Waals surface area contributed by atoms with Crippen LogP contribution in [-0.2, 0) is 10.8 Å². The molecule has 0 bridgehead atoms. The van der Waals surface area contributed by atoms with Crippen LogP contribution >= 0.6 is 0 Å². The van der Waals surface area contributed by atoms with Crippen molar-refractivity contribution in [3.8, 4) is 33.6 Å². The minimum atomic E-state index is -0.559. The van der Waals surface area contributed by atoms with Gasteiger partial charge in [-0.1, -0.05) is 166 Å². The molecule has 4 nitrogen and oxygen atoms in total. The maximum Gasteiger partial charge on any atom is 0.159 e. The summed E-state index contributed by atoms with van der Waals surface area (Å²) in [4.78, 5) is 13.3. The summed E-state index contributed by atoms with van der Waals surface area (Å²) in [7, 11) is 2.14. The third-order valence-electron chi connectivity index (χ3n) is 13.9. The molecule has 1 aromatic heterocycles. The van der Waals surface area contributed by atoms with Crippen molar-refractivity contribution in [2.75, 3.05) is 7.05 Å². The van der Waals surface area contributed by atoms with E-state index in [0.29, 0.717) is 0 Å². The largest absolute Gasteiger partial charge is 0.456 e. The van der Waals surface area contributed by atoms with Crippen LogP contribution in [0.4, 0.5) is 0 Å². The number of para-hydroxylation sites is 1. The Morgan fingerprint density at radius 1 is 0.517 bits per heavy atom. The topological polar surface area (TPSA) is 41.1 Å². The number of furan rings is 1. The van der Waals surface area contributed by atoms with E-state index >= 15 is 0 Å². The SMILES string of the molecule is CN1C(c2ccc3ccccc3c2)=NC(c2ccc3c(c2)C(C)(C)c2ccccc2-3)=NC1c1ccc2c(c1)C1(c3ccccc3-c3ccccc31)c1c-2oc2ccccc12. The van der Waals surface area contributed by atoms with E-state index in [-0.39, 0.29) is 11.6 Å². The third-order valence-corrected chi connectivity index (χ3v) is 13.9. The Hall–Kier alpha value is -7.30. The molecule has 8 aromatic carbocycles. The number of benzene rings is 8. The second-order valence-electron chi connectivity index (χ2n) is 17.3. The van der Waals surface area contributed by atoms with Crippen molar-refractivity contribution in [3.05, 3.63) is 226 Å². The molecule has 2 heterocycles. The van der Waals surface area contributed by atoms with Gasteiger partial charge in [-0.2, -0.15) is 0 Å². The molecule has 3 aliphatic carbocycles. The van der Waals surface area contributed by atoms with E-state index < -0.39 is 5.41 Å². The summed E-state index contributed by atoms with van der Waals surface area (Å²) in [6, 6.07) is 64.2. The molecule has 0 saturated heterocycles. The van der Waals surface area contributed by atoms with Gasteiger partial charge < -0.3 is 9.32 Å². The normalized spacial score (nSPS) is 17.2. The summed E-state index contributed by atoms with van der Waals surface area (Å²) in [5, 5.41) is 3.54. The molecule has 1 unspecified atom stereocenters. The van der Waals surface area contributed by atoms with Gasteiger partial charge in [-0.25, -0.2) is 9.98 Å². The van der Waals surface area contributed by atoms with Crippen molar-refractivity contribution >= 4 is 33.4 Å². The molecule has 60 heavy (non-hydrogen) atoms. The Kier molecular flexibility index (Phi) is 6.67. The van der Waals surface area contributed by atoms with Crippen LogP contribution in [0.5, 0.6) is 0 Å². The second-order valence-corrected chi connectivity index (χ2v) is 17.3. The van der Waals surface area contributed by atoms with Crippen LogP contribution in [0.1, 0.15) is 70.1 Å². The molecule has 1 atom stereocenters. The average molecular weight is 770 g/mol. The van der Waals surface area contributed by atoms with Gasteiger partial charge >= 0.3 is 0 Å². The smallest absolute Gasteiger partial charge is 0.159 e. The van der Waals surface area contributed by atoms with Crippen LogP contribution in [0.3, 0.4) is 0 Å². The van der Waals surface area contributed by atoms with E-state index in [9.17, 15) is 0 Å². The van der Waals surface area contributed by atoms with Gasteiger partial charge in [0.15, 0.2) is 12.0 Å². The summed E-state index contributed by atoms with van der Waals surface area (Å²) < 4.78 is 6.86. The number of hydrogen-bond acceptors (Lipinski definition) is 4. The third kappa shape index (κ3) is 4.30. The highest BCUT2D eigenvalue weighted by molar-refractivity contribution is 6.14. The van der Waals surface area contributed by atoms with Gasteiger partial charge in [-0.3, -0.25) is 0 Å². The maximum atomic E-state index is 6.86. The molecule has 0 fully saturated rings. The quantitative estimate of drug-likeness (QED) is 0.180. The van der Waals surface area contributed by atoms with Crippen molar-refractivity contribution < 1.29 is 4.42 Å². The van der Waals surface area contributed by atoms with E-state index in [1.807, 2.05) is 0 Å². The minimum Gasteiger partial charge on any atom is -0.456 e. The fourth-order valence-corrected chi connectivity index (χ4v) is 11.2. The van der Waals surface area contributed by atoms with Crippen LogP contribution in [0.15, 0.2) is 190 Å². The van der Waals surface area contributed by atoms with Gasteiger partial charge in [0.05, 0.1) is 5.41 Å². The molecular formula is C56H39N3O. The molecule has 4 heteroatoms. The Balaban J connectivity index is 1.03. The van der Waals surface area contributed by atoms with Crippen LogP contribution in [0, 0.1) is 0 Å². The zero-order chi connectivity index (χ0) is 39.9. The van der Waals surface area contributed by atoms with E-state index in [1.165, 1.54) is 66.4 Å². The predicted octanol–water partition coefficient (Wildman–Crippen LogP) is 13.1. The second kappa shape index (κ2) is 11.9. The monoisotopic (exact) mass is 769 g/mol. The molecular weight excluding hydrogens is 731 g/mol. The lowest BCUT2D eigenvalue weighted by Crippen LogP contribution is -2.36. The van der Waals surface area contributed by atoms with E-state index in [0.717, 1.165) is 50.7 Å². The summed E-state index contributed by atoms with van der Waals surface area (Å²) in [6.45, 7) is 4.66. The fraction of sp³-hybridized carbons (Fsp3) is 0.107. The van der Waals surface area contributed by atoms with Gasteiger partial charge in [0.2, 0.25) is 0 Å². The molecule has 0 saturated carbocycles. The Bertz CT molecular complexity index is 3350. The van der Waals surface area contributed by atoms with Crippen molar-refractivity contribution in [1.29, 1.82) is 0 Å². The fourth-order valence-electron chi connectivity index (χ4n) is 11.2. The summed E-state index contributed by atoms with van der Waals surface area (Å²) in [5.74, 6) is 2.58. The highest BCUT2D eigenvalue weighted by atomic mass is 16.3. The number of amidine groups is 2. The van der Waals surface area contributed by atoms with Crippen LogP contribution in [0.2, 0.25) is 0 Å². The number of aliphatic imine (C=N–C) groups is 2. The van der Waals surface area contributed by atoms with Crippen LogP contribution < -0.4 is 0 Å². The predicted molar refractivity (Wildman–Crippen MR) is 244 cm³/mol. The van der Waals surface area contributed by atoms with Crippen molar-refractivity contribution in [3.63, 3.8) is 0 Å². The van der Waals surface area contributed by atoms with Gasteiger partial charge in [-0.15, -0.1) is 0 Å². The van der Waals surface area contributed by atoms with Gasteiger partial charge in [-0.05, 0) is 90.7 Å². The zero-order valence-electron chi connectivity index (χ0n) is 33.6. The Morgan fingerprint density at radius 3 is 1.92 bits per heavy atom. The molecule has 284 valence electrons. The molecule has 0 amide bonds. The van der Waals surface area contributed by atoms with Crippen LogP contribution in [0.25, 0.3) is 55.3 Å². The Morgan fingerprint density at radius 2 is 1.13 bits per heavy atom. The number of nitrogens with zero attached hydrogens (tertiary/aromatic N) is 3. The standard InChI is InChI=1S/C56H39N3O/c1-55(2)44-20-10-6-16-38(44)41-28-26-35(31-47(41)55)52-57-53(36-25-24-33-14-4-5-15-34(33)30-36)59(3)54(58-52)37-27-29-42-48(32-37)56(50-43-19-9-13-23-49(43)60-51(42)50)45-21-11-7-17-39(45)40-18-8-12-22-46(40)56/h4-32,54H,1-3H3. The lowest BCUT2D eigenvalue weighted by Gasteiger charge is -2.34. The molecule has 4 aliphatic rings. The van der Waals surface area contributed by atoms with E-state index in [4.69, 9.17) is 14.4 Å². The zero-order valence-corrected chi connectivity index (χ0v) is 33.6. The van der Waals surface area contributed by atoms with Crippen molar-refractivity contribution in [2.24, 2.45) is 9.98 Å². The van der Waals surface area contributed by atoms with E-state index in [2.05, 4.69) is 202 Å². The molecule has 0 N–H and O–H groups in total. The number of fused-ring (bicyclic) bond motifs is 16. The molecule has 0 radical (unpaired) electrons. The maximum absolute atomic E-state index is 6.86. The highest BCUT2D eigenvalue weighted by Gasteiger charge is 2.54. The van der Waals surface area contributed by atoms with Crippen molar-refractivity contribution in [2.45, 2.75) is 30.8 Å².